The summed E-state index contributed by atoms with van der Waals surface area (Å²) in [6.07, 6.45) is 9.26. The second-order valence-electron chi connectivity index (χ2n) is 9.31. The maximum Gasteiger partial charge on any atom is 0.146 e. The van der Waals surface area contributed by atoms with Gasteiger partial charge < -0.3 is 0 Å². The van der Waals surface area contributed by atoms with E-state index in [4.69, 9.17) is 0 Å². The van der Waals surface area contributed by atoms with Gasteiger partial charge in [0.1, 0.15) is 5.78 Å². The summed E-state index contributed by atoms with van der Waals surface area (Å²) in [7, 11) is 4.30. The lowest BCUT2D eigenvalue weighted by atomic mass is 9.64. The molecule has 3 aliphatic rings. The molecule has 5 rings (SSSR count). The summed E-state index contributed by atoms with van der Waals surface area (Å²) in [5.74, 6) is 7.27. The highest BCUT2D eigenvalue weighted by molar-refractivity contribution is 6.07. The summed E-state index contributed by atoms with van der Waals surface area (Å²) in [5.41, 5.74) is 4.21. The molecule has 0 amide bonds. The second kappa shape index (κ2) is 7.66. The Morgan fingerprint density at radius 2 is 1.71 bits per heavy atom. The Hall–Kier alpha value is -2.89. The molecule has 1 unspecified atom stereocenters. The van der Waals surface area contributed by atoms with Crippen molar-refractivity contribution in [2.75, 3.05) is 14.1 Å². The van der Waals surface area contributed by atoms with Crippen molar-refractivity contribution in [2.45, 2.75) is 37.6 Å². The fourth-order valence-corrected chi connectivity index (χ4v) is 6.58. The summed E-state index contributed by atoms with van der Waals surface area (Å²) < 4.78 is 0. The normalized spacial score (nSPS) is 29.4. The summed E-state index contributed by atoms with van der Waals surface area (Å²) in [6, 6.07) is 20.7. The standard InChI is InChI=1S/C29H29NO/c1-30(2)29-21-26(31)28(20-12-11-19-25(28)29)27(23-16-7-4-8-17-23)24(29)18-10-9-15-22-13-5-3-6-14-22/h3-8,10,13-14,16-18,25H,11-12,19-21H2,1-2H3/b18-10+/t25?,28-,29+/m0/s1. The van der Waals surface area contributed by atoms with Crippen LogP contribution < -0.4 is 0 Å². The molecule has 3 atom stereocenters. The molecule has 0 heterocycles. The largest absolute Gasteiger partial charge is 0.299 e. The summed E-state index contributed by atoms with van der Waals surface area (Å²) in [6.45, 7) is 0. The molecule has 0 N–H and O–H groups in total. The smallest absolute Gasteiger partial charge is 0.146 e. The molecular formula is C29H29NO. The van der Waals surface area contributed by atoms with Crippen molar-refractivity contribution < 1.29 is 4.79 Å². The van der Waals surface area contributed by atoms with E-state index in [0.717, 1.165) is 24.8 Å². The van der Waals surface area contributed by atoms with Crippen LogP contribution in [0, 0.1) is 23.2 Å². The van der Waals surface area contributed by atoms with Crippen molar-refractivity contribution in [3.63, 3.8) is 0 Å². The maximum atomic E-state index is 13.6. The molecule has 31 heavy (non-hydrogen) atoms. The molecule has 2 aromatic carbocycles. The Balaban J connectivity index is 1.68. The second-order valence-corrected chi connectivity index (χ2v) is 9.31. The minimum atomic E-state index is -0.337. The molecule has 2 nitrogen and oxygen atoms in total. The van der Waals surface area contributed by atoms with Crippen LogP contribution >= 0.6 is 0 Å². The van der Waals surface area contributed by atoms with E-state index in [1.165, 1.54) is 23.1 Å². The van der Waals surface area contributed by atoms with Crippen molar-refractivity contribution in [2.24, 2.45) is 11.3 Å². The van der Waals surface area contributed by atoms with Crippen molar-refractivity contribution in [1.82, 2.24) is 4.90 Å². The van der Waals surface area contributed by atoms with Crippen LogP contribution in [-0.2, 0) is 4.79 Å². The van der Waals surface area contributed by atoms with Crippen LogP contribution in [0.5, 0.6) is 0 Å². The number of hydrogen-bond acceptors (Lipinski definition) is 2. The van der Waals surface area contributed by atoms with Gasteiger partial charge in [-0.2, -0.15) is 0 Å². The lowest BCUT2D eigenvalue weighted by Crippen LogP contribution is -2.48. The highest BCUT2D eigenvalue weighted by Gasteiger charge is 2.71. The molecule has 2 fully saturated rings. The third-order valence-electron chi connectivity index (χ3n) is 7.78. The number of carbonyl (C=O) groups is 1. The van der Waals surface area contributed by atoms with E-state index in [2.05, 4.69) is 67.2 Å². The predicted octanol–water partition coefficient (Wildman–Crippen LogP) is 5.51. The number of hydrogen-bond donors (Lipinski definition) is 0. The van der Waals surface area contributed by atoms with Gasteiger partial charge in [0.15, 0.2) is 0 Å². The number of nitrogens with zero attached hydrogens (tertiary/aromatic N) is 1. The summed E-state index contributed by atoms with van der Waals surface area (Å²) >= 11 is 0. The van der Waals surface area contributed by atoms with Crippen LogP contribution in [0.25, 0.3) is 5.57 Å². The Kier molecular flexibility index (Phi) is 4.95. The molecule has 2 heteroatoms. The monoisotopic (exact) mass is 407 g/mol. The van der Waals surface area contributed by atoms with Gasteiger partial charge in [-0.25, -0.2) is 0 Å². The Morgan fingerprint density at radius 1 is 1.00 bits per heavy atom. The first-order valence-electron chi connectivity index (χ1n) is 11.4. The predicted molar refractivity (Wildman–Crippen MR) is 126 cm³/mol. The van der Waals surface area contributed by atoms with E-state index >= 15 is 0 Å². The highest BCUT2D eigenvalue weighted by Crippen LogP contribution is 2.70. The summed E-state index contributed by atoms with van der Waals surface area (Å²) in [5, 5.41) is 0. The van der Waals surface area contributed by atoms with E-state index in [1.54, 1.807) is 0 Å². The van der Waals surface area contributed by atoms with E-state index in [1.807, 2.05) is 36.4 Å². The van der Waals surface area contributed by atoms with E-state index < -0.39 is 0 Å². The fraction of sp³-hybridized carbons (Fsp3) is 0.345. The maximum absolute atomic E-state index is 13.6. The number of rotatable bonds is 3. The zero-order valence-electron chi connectivity index (χ0n) is 18.4. The Labute approximate surface area is 185 Å². The highest BCUT2D eigenvalue weighted by atomic mass is 16.1. The molecule has 0 aromatic heterocycles. The van der Waals surface area contributed by atoms with Crippen LogP contribution in [0.4, 0.5) is 0 Å². The number of Topliss-reactive ketones (excluding diaryl/α,β-unsaturated/α-hetero) is 1. The molecular weight excluding hydrogens is 378 g/mol. The lowest BCUT2D eigenvalue weighted by molar-refractivity contribution is -0.125. The van der Waals surface area contributed by atoms with Gasteiger partial charge in [-0.15, -0.1) is 0 Å². The van der Waals surface area contributed by atoms with Crippen molar-refractivity contribution in [3.8, 4) is 11.8 Å². The average Bonchev–Trinajstić information content (AvgIpc) is 3.21. The molecule has 2 bridgehead atoms. The topological polar surface area (TPSA) is 20.3 Å². The molecule has 2 aromatic rings. The minimum absolute atomic E-state index is 0.229. The average molecular weight is 408 g/mol. The van der Waals surface area contributed by atoms with Gasteiger partial charge in [0, 0.05) is 12.0 Å². The third kappa shape index (κ3) is 2.87. The van der Waals surface area contributed by atoms with Gasteiger partial charge in [0.2, 0.25) is 0 Å². The van der Waals surface area contributed by atoms with Crippen molar-refractivity contribution in [1.29, 1.82) is 0 Å². The lowest BCUT2D eigenvalue weighted by Gasteiger charge is -2.42. The van der Waals surface area contributed by atoms with Gasteiger partial charge in [-0.05, 0) is 73.8 Å². The molecule has 156 valence electrons. The molecule has 0 saturated heterocycles. The number of allylic oxidation sites excluding steroid dienone is 2. The molecule has 0 radical (unpaired) electrons. The number of likely N-dealkylation sites (N-methyl/N-ethyl adjacent to an activating group) is 1. The molecule has 0 spiro atoms. The van der Waals surface area contributed by atoms with Crippen LogP contribution in [0.2, 0.25) is 0 Å². The van der Waals surface area contributed by atoms with E-state index in [-0.39, 0.29) is 11.0 Å². The van der Waals surface area contributed by atoms with Crippen LogP contribution in [0.15, 0.2) is 78.4 Å². The third-order valence-corrected chi connectivity index (χ3v) is 7.78. The number of carbonyl (C=O) groups excluding carboxylic acids is 1. The Morgan fingerprint density at radius 3 is 2.42 bits per heavy atom. The molecule has 2 saturated carbocycles. The Bertz CT molecular complexity index is 1120. The van der Waals surface area contributed by atoms with Gasteiger partial charge in [-0.3, -0.25) is 9.69 Å². The van der Waals surface area contributed by atoms with Gasteiger partial charge in [0.25, 0.3) is 0 Å². The van der Waals surface area contributed by atoms with Crippen LogP contribution in [0.3, 0.4) is 0 Å². The number of benzene rings is 2. The SMILES string of the molecule is CN(C)[C@@]12CC(=O)[C@@]3(CCCCC31)C(c1ccccc1)=C2/C=C/C#Cc1ccccc1. The zero-order chi connectivity index (χ0) is 21.5. The van der Waals surface area contributed by atoms with Gasteiger partial charge >= 0.3 is 0 Å². The first kappa shape index (κ1) is 20.0. The van der Waals surface area contributed by atoms with Crippen molar-refractivity contribution in [3.05, 3.63) is 89.5 Å². The van der Waals surface area contributed by atoms with Crippen molar-refractivity contribution >= 4 is 11.4 Å². The first-order chi connectivity index (χ1) is 15.1. The van der Waals surface area contributed by atoms with E-state index in [0.29, 0.717) is 18.1 Å². The molecule has 0 aliphatic heterocycles. The minimum Gasteiger partial charge on any atom is -0.299 e. The zero-order valence-corrected chi connectivity index (χ0v) is 18.4. The van der Waals surface area contributed by atoms with Crippen LogP contribution in [0.1, 0.15) is 43.2 Å². The number of ketones is 1. The molecule has 3 aliphatic carbocycles. The van der Waals surface area contributed by atoms with Gasteiger partial charge in [0.05, 0.1) is 11.0 Å². The first-order valence-corrected chi connectivity index (χ1v) is 11.4. The van der Waals surface area contributed by atoms with E-state index in [9.17, 15) is 4.79 Å². The van der Waals surface area contributed by atoms with Gasteiger partial charge in [-0.1, -0.05) is 73.2 Å². The summed E-state index contributed by atoms with van der Waals surface area (Å²) in [4.78, 5) is 16.0. The fourth-order valence-electron chi connectivity index (χ4n) is 6.58. The van der Waals surface area contributed by atoms with Crippen LogP contribution in [-0.4, -0.2) is 30.3 Å². The quantitative estimate of drug-likeness (QED) is 0.625.